The highest BCUT2D eigenvalue weighted by Crippen LogP contribution is 2.28. The molecule has 0 aliphatic carbocycles. The lowest BCUT2D eigenvalue weighted by Crippen LogP contribution is -2.35. The second-order valence-electron chi connectivity index (χ2n) is 5.36. The van der Waals surface area contributed by atoms with Crippen LogP contribution < -0.4 is 10.1 Å². The van der Waals surface area contributed by atoms with Gasteiger partial charge in [0.05, 0.1) is 24.8 Å². The number of pyridine rings is 1. The molecule has 2 aromatic rings. The molecule has 0 spiro atoms. The van der Waals surface area contributed by atoms with E-state index in [9.17, 15) is 5.11 Å². The van der Waals surface area contributed by atoms with Crippen molar-refractivity contribution in [3.05, 3.63) is 30.0 Å². The Kier molecular flexibility index (Phi) is 3.62. The van der Waals surface area contributed by atoms with Gasteiger partial charge in [-0.2, -0.15) is 0 Å². The number of rotatable bonds is 4. The fraction of sp³-hybridized carbons (Fsp3) is 0.400. The minimum absolute atomic E-state index is 0.0615. The average Bonchev–Trinajstić information content (AvgIpc) is 2.37. The van der Waals surface area contributed by atoms with Crippen LogP contribution in [0.5, 0.6) is 5.75 Å². The van der Waals surface area contributed by atoms with E-state index in [1.807, 2.05) is 45.0 Å². The molecule has 2 rings (SSSR count). The molecule has 0 amide bonds. The molecule has 2 N–H and O–H groups in total. The van der Waals surface area contributed by atoms with E-state index in [-0.39, 0.29) is 12.1 Å². The summed E-state index contributed by atoms with van der Waals surface area (Å²) in [5.41, 5.74) is 2.41. The van der Waals surface area contributed by atoms with Crippen molar-refractivity contribution in [2.45, 2.75) is 26.3 Å². The maximum absolute atomic E-state index is 9.38. The summed E-state index contributed by atoms with van der Waals surface area (Å²) in [7, 11) is 1.64. The molecule has 0 aliphatic rings. The van der Waals surface area contributed by atoms with E-state index in [1.54, 1.807) is 7.11 Å². The van der Waals surface area contributed by atoms with E-state index in [0.29, 0.717) is 0 Å². The quantitative estimate of drug-likeness (QED) is 0.887. The fourth-order valence-corrected chi connectivity index (χ4v) is 1.98. The predicted octanol–water partition coefficient (Wildman–Crippen LogP) is 2.73. The number of aliphatic hydroxyl groups is 1. The summed E-state index contributed by atoms with van der Waals surface area (Å²) in [5.74, 6) is 0.790. The molecule has 0 unspecified atom stereocenters. The smallest absolute Gasteiger partial charge is 0.121 e. The summed E-state index contributed by atoms with van der Waals surface area (Å²) < 4.78 is 5.22. The molecule has 4 heteroatoms. The van der Waals surface area contributed by atoms with Gasteiger partial charge in [-0.05, 0) is 39.0 Å². The van der Waals surface area contributed by atoms with Gasteiger partial charge in [0.1, 0.15) is 5.75 Å². The van der Waals surface area contributed by atoms with Crippen molar-refractivity contribution in [1.29, 1.82) is 0 Å². The Hall–Kier alpha value is -1.81. The largest absolute Gasteiger partial charge is 0.497 e. The summed E-state index contributed by atoms with van der Waals surface area (Å²) in [4.78, 5) is 4.52. The molecule has 4 nitrogen and oxygen atoms in total. The standard InChI is InChI=1S/C15H20N2O2/c1-10-7-14(17-15(2,3)9-18)12-6-5-11(19-4)8-13(12)16-10/h5-8,18H,9H2,1-4H3,(H,16,17). The van der Waals surface area contributed by atoms with Gasteiger partial charge in [0.2, 0.25) is 0 Å². The first kappa shape index (κ1) is 13.6. The molecule has 0 saturated heterocycles. The van der Waals surface area contributed by atoms with Crippen LogP contribution in [-0.2, 0) is 0 Å². The third kappa shape index (κ3) is 2.96. The maximum Gasteiger partial charge on any atom is 0.121 e. The third-order valence-electron chi connectivity index (χ3n) is 3.01. The van der Waals surface area contributed by atoms with E-state index in [4.69, 9.17) is 4.74 Å². The molecule has 0 atom stereocenters. The second kappa shape index (κ2) is 5.05. The number of aliphatic hydroxyl groups excluding tert-OH is 1. The number of hydrogen-bond donors (Lipinski definition) is 2. The van der Waals surface area contributed by atoms with Crippen LogP contribution in [0.4, 0.5) is 5.69 Å². The molecule has 0 radical (unpaired) electrons. The minimum Gasteiger partial charge on any atom is -0.497 e. The minimum atomic E-state index is -0.374. The molecule has 0 saturated carbocycles. The molecule has 1 aromatic heterocycles. The maximum atomic E-state index is 9.38. The molecular weight excluding hydrogens is 240 g/mol. The van der Waals surface area contributed by atoms with Crippen molar-refractivity contribution in [2.75, 3.05) is 19.0 Å². The van der Waals surface area contributed by atoms with Gasteiger partial charge < -0.3 is 15.2 Å². The Balaban J connectivity index is 2.54. The molecule has 0 bridgehead atoms. The number of fused-ring (bicyclic) bond motifs is 1. The number of methoxy groups -OCH3 is 1. The van der Waals surface area contributed by atoms with E-state index in [1.165, 1.54) is 0 Å². The van der Waals surface area contributed by atoms with E-state index in [0.717, 1.165) is 28.0 Å². The zero-order valence-electron chi connectivity index (χ0n) is 11.8. The van der Waals surface area contributed by atoms with Crippen molar-refractivity contribution >= 4 is 16.6 Å². The summed E-state index contributed by atoms with van der Waals surface area (Å²) in [6.07, 6.45) is 0. The second-order valence-corrected chi connectivity index (χ2v) is 5.36. The predicted molar refractivity (Wildman–Crippen MR) is 77.8 cm³/mol. The van der Waals surface area contributed by atoms with Crippen LogP contribution >= 0.6 is 0 Å². The van der Waals surface area contributed by atoms with Gasteiger partial charge in [0.15, 0.2) is 0 Å². The van der Waals surface area contributed by atoms with Crippen molar-refractivity contribution in [3.63, 3.8) is 0 Å². The molecule has 1 heterocycles. The Morgan fingerprint density at radius 2 is 2.05 bits per heavy atom. The van der Waals surface area contributed by atoms with Crippen LogP contribution in [0, 0.1) is 6.92 Å². The molecule has 102 valence electrons. The fourth-order valence-electron chi connectivity index (χ4n) is 1.98. The van der Waals surface area contributed by atoms with Crippen molar-refractivity contribution < 1.29 is 9.84 Å². The zero-order valence-corrected chi connectivity index (χ0v) is 11.8. The van der Waals surface area contributed by atoms with Crippen molar-refractivity contribution in [3.8, 4) is 5.75 Å². The summed E-state index contributed by atoms with van der Waals surface area (Å²) in [6, 6.07) is 7.80. The highest BCUT2D eigenvalue weighted by atomic mass is 16.5. The molecule has 0 aliphatic heterocycles. The lowest BCUT2D eigenvalue weighted by molar-refractivity contribution is 0.234. The number of hydrogen-bond acceptors (Lipinski definition) is 4. The first-order chi connectivity index (χ1) is 8.95. The van der Waals surface area contributed by atoms with Gasteiger partial charge in [-0.3, -0.25) is 4.98 Å². The number of anilines is 1. The molecule has 19 heavy (non-hydrogen) atoms. The van der Waals surface area contributed by atoms with Crippen LogP contribution in [0.3, 0.4) is 0 Å². The van der Waals surface area contributed by atoms with Gasteiger partial charge in [0, 0.05) is 22.8 Å². The molecular formula is C15H20N2O2. The monoisotopic (exact) mass is 260 g/mol. The van der Waals surface area contributed by atoms with Gasteiger partial charge in [-0.1, -0.05) is 0 Å². The summed E-state index contributed by atoms with van der Waals surface area (Å²) in [5, 5.41) is 13.8. The third-order valence-corrected chi connectivity index (χ3v) is 3.01. The topological polar surface area (TPSA) is 54.4 Å². The van der Waals surface area contributed by atoms with Crippen LogP contribution in [0.2, 0.25) is 0 Å². The number of benzene rings is 1. The van der Waals surface area contributed by atoms with Gasteiger partial charge in [0.25, 0.3) is 0 Å². The normalized spacial score (nSPS) is 11.6. The Morgan fingerprint density at radius 1 is 1.32 bits per heavy atom. The number of nitrogens with one attached hydrogen (secondary N) is 1. The van der Waals surface area contributed by atoms with Gasteiger partial charge in [-0.25, -0.2) is 0 Å². The van der Waals surface area contributed by atoms with Crippen LogP contribution in [0.1, 0.15) is 19.5 Å². The summed E-state index contributed by atoms with van der Waals surface area (Å²) >= 11 is 0. The zero-order chi connectivity index (χ0) is 14.0. The lowest BCUT2D eigenvalue weighted by Gasteiger charge is -2.26. The Labute approximate surface area is 113 Å². The number of aromatic nitrogens is 1. The van der Waals surface area contributed by atoms with Gasteiger partial charge in [-0.15, -0.1) is 0 Å². The first-order valence-corrected chi connectivity index (χ1v) is 6.29. The highest BCUT2D eigenvalue weighted by molar-refractivity contribution is 5.92. The van der Waals surface area contributed by atoms with Crippen LogP contribution in [0.15, 0.2) is 24.3 Å². The first-order valence-electron chi connectivity index (χ1n) is 6.29. The van der Waals surface area contributed by atoms with E-state index >= 15 is 0 Å². The van der Waals surface area contributed by atoms with E-state index in [2.05, 4.69) is 10.3 Å². The SMILES string of the molecule is COc1ccc2c(NC(C)(C)CO)cc(C)nc2c1. The highest BCUT2D eigenvalue weighted by Gasteiger charge is 2.17. The average molecular weight is 260 g/mol. The number of aryl methyl sites for hydroxylation is 1. The molecule has 1 aromatic carbocycles. The summed E-state index contributed by atoms with van der Waals surface area (Å²) in [6.45, 7) is 5.93. The number of nitrogens with zero attached hydrogens (tertiary/aromatic N) is 1. The van der Waals surface area contributed by atoms with Crippen molar-refractivity contribution in [2.24, 2.45) is 0 Å². The van der Waals surface area contributed by atoms with E-state index < -0.39 is 0 Å². The Morgan fingerprint density at radius 3 is 2.68 bits per heavy atom. The molecule has 0 fully saturated rings. The number of ether oxygens (including phenoxy) is 1. The van der Waals surface area contributed by atoms with Crippen molar-refractivity contribution in [1.82, 2.24) is 4.98 Å². The van der Waals surface area contributed by atoms with Gasteiger partial charge >= 0.3 is 0 Å². The van der Waals surface area contributed by atoms with Crippen LogP contribution in [0.25, 0.3) is 10.9 Å². The lowest BCUT2D eigenvalue weighted by atomic mass is 10.0. The van der Waals surface area contributed by atoms with Crippen LogP contribution in [-0.4, -0.2) is 29.3 Å². The Bertz CT molecular complexity index is 594.